The number of benzene rings is 1. The molecule has 0 unspecified atom stereocenters. The number of nitrogens with two attached hydrogens (primary N) is 1. The zero-order valence-electron chi connectivity index (χ0n) is 9.52. The molecule has 6 heteroatoms. The van der Waals surface area contributed by atoms with Crippen LogP contribution in [0.25, 0.3) is 0 Å². The predicted octanol–water partition coefficient (Wildman–Crippen LogP) is 0.329. The smallest absolute Gasteiger partial charge is 0.341 e. The Morgan fingerprint density at radius 2 is 1.94 bits per heavy atom. The normalized spacial score (nSPS) is 9.82. The standard InChI is InChI=1S/C11H13NO5/c1-16-10-4-8(13)6(9(14)5-12)3-7(10)11(15)17-2/h3-4,13H,5,12H2,1-2H3. The fourth-order valence-corrected chi connectivity index (χ4v) is 1.34. The van der Waals surface area contributed by atoms with Gasteiger partial charge >= 0.3 is 5.97 Å². The predicted molar refractivity (Wildman–Crippen MR) is 59.4 cm³/mol. The Bertz CT molecular complexity index is 455. The zero-order chi connectivity index (χ0) is 13.0. The van der Waals surface area contributed by atoms with Gasteiger partial charge in [0.1, 0.15) is 17.1 Å². The van der Waals surface area contributed by atoms with E-state index in [1.54, 1.807) is 0 Å². The van der Waals surface area contributed by atoms with Crippen LogP contribution < -0.4 is 10.5 Å². The molecule has 0 aliphatic rings. The zero-order valence-corrected chi connectivity index (χ0v) is 9.52. The Kier molecular flexibility index (Phi) is 4.06. The number of phenolic OH excluding ortho intramolecular Hbond substituents is 1. The van der Waals surface area contributed by atoms with E-state index in [2.05, 4.69) is 4.74 Å². The first kappa shape index (κ1) is 13.0. The summed E-state index contributed by atoms with van der Waals surface area (Å²) in [7, 11) is 2.55. The summed E-state index contributed by atoms with van der Waals surface area (Å²) in [5.41, 5.74) is 5.22. The van der Waals surface area contributed by atoms with Gasteiger partial charge in [-0.25, -0.2) is 4.79 Å². The average molecular weight is 239 g/mol. The van der Waals surface area contributed by atoms with Crippen LogP contribution in [-0.2, 0) is 4.74 Å². The van der Waals surface area contributed by atoms with E-state index in [0.29, 0.717) is 0 Å². The number of carbonyl (C=O) groups excluding carboxylic acids is 2. The maximum absolute atomic E-state index is 11.4. The van der Waals surface area contributed by atoms with Gasteiger partial charge in [-0.15, -0.1) is 0 Å². The topological polar surface area (TPSA) is 98.9 Å². The summed E-state index contributed by atoms with van der Waals surface area (Å²) in [6.45, 7) is -0.263. The fourth-order valence-electron chi connectivity index (χ4n) is 1.34. The van der Waals surface area contributed by atoms with E-state index < -0.39 is 11.8 Å². The van der Waals surface area contributed by atoms with E-state index in [1.807, 2.05) is 0 Å². The van der Waals surface area contributed by atoms with Gasteiger partial charge in [0.2, 0.25) is 0 Å². The van der Waals surface area contributed by atoms with Gasteiger partial charge in [-0.2, -0.15) is 0 Å². The van der Waals surface area contributed by atoms with Crippen LogP contribution in [0.4, 0.5) is 0 Å². The molecule has 0 fully saturated rings. The van der Waals surface area contributed by atoms with Crippen molar-refractivity contribution in [3.63, 3.8) is 0 Å². The van der Waals surface area contributed by atoms with Gasteiger partial charge in [-0.05, 0) is 6.07 Å². The highest BCUT2D eigenvalue weighted by atomic mass is 16.5. The van der Waals surface area contributed by atoms with Crippen molar-refractivity contribution in [2.75, 3.05) is 20.8 Å². The van der Waals surface area contributed by atoms with Crippen molar-refractivity contribution in [3.05, 3.63) is 23.3 Å². The monoisotopic (exact) mass is 239 g/mol. The second kappa shape index (κ2) is 5.31. The summed E-state index contributed by atoms with van der Waals surface area (Å²) in [5, 5.41) is 9.59. The van der Waals surface area contributed by atoms with Crippen molar-refractivity contribution < 1.29 is 24.2 Å². The van der Waals surface area contributed by atoms with Crippen LogP contribution >= 0.6 is 0 Å². The Morgan fingerprint density at radius 1 is 1.29 bits per heavy atom. The van der Waals surface area contributed by atoms with Gasteiger partial charge in [0.25, 0.3) is 0 Å². The molecule has 0 radical (unpaired) electrons. The first-order valence-electron chi connectivity index (χ1n) is 4.77. The third kappa shape index (κ3) is 2.54. The number of ether oxygens (including phenoxy) is 2. The fraction of sp³-hybridized carbons (Fsp3) is 0.273. The Labute approximate surface area is 97.9 Å². The van der Waals surface area contributed by atoms with Crippen LogP contribution in [0.1, 0.15) is 20.7 Å². The molecular formula is C11H13NO5. The number of esters is 1. The number of aromatic hydroxyl groups is 1. The maximum atomic E-state index is 11.4. The second-order valence-electron chi connectivity index (χ2n) is 3.19. The lowest BCUT2D eigenvalue weighted by Gasteiger charge is -2.10. The lowest BCUT2D eigenvalue weighted by Crippen LogP contribution is -2.15. The number of hydrogen-bond acceptors (Lipinski definition) is 6. The molecule has 0 saturated heterocycles. The van der Waals surface area contributed by atoms with Crippen molar-refractivity contribution in [1.82, 2.24) is 0 Å². The molecule has 0 aliphatic heterocycles. The van der Waals surface area contributed by atoms with E-state index in [9.17, 15) is 14.7 Å². The van der Waals surface area contributed by atoms with E-state index in [-0.39, 0.29) is 29.2 Å². The van der Waals surface area contributed by atoms with E-state index >= 15 is 0 Å². The number of Topliss-reactive ketones (excluding diaryl/α,β-unsaturated/α-hetero) is 1. The maximum Gasteiger partial charge on any atom is 0.341 e. The molecule has 1 aromatic rings. The van der Waals surface area contributed by atoms with Gasteiger partial charge < -0.3 is 20.3 Å². The molecule has 0 spiro atoms. The number of ketones is 1. The molecule has 0 aliphatic carbocycles. The summed E-state index contributed by atoms with van der Waals surface area (Å²) in [6.07, 6.45) is 0. The molecule has 0 aromatic heterocycles. The number of methoxy groups -OCH3 is 2. The minimum atomic E-state index is -0.659. The Hall–Kier alpha value is -2.08. The minimum absolute atomic E-state index is 0.0336. The molecule has 0 bridgehead atoms. The highest BCUT2D eigenvalue weighted by Gasteiger charge is 2.19. The molecule has 0 saturated carbocycles. The highest BCUT2D eigenvalue weighted by Crippen LogP contribution is 2.28. The van der Waals surface area contributed by atoms with Crippen LogP contribution in [0.15, 0.2) is 12.1 Å². The lowest BCUT2D eigenvalue weighted by molar-refractivity contribution is 0.0597. The first-order chi connectivity index (χ1) is 8.04. The molecule has 3 N–H and O–H groups in total. The van der Waals surface area contributed by atoms with Gasteiger partial charge in [0.15, 0.2) is 5.78 Å². The molecule has 0 heterocycles. The Morgan fingerprint density at radius 3 is 2.41 bits per heavy atom. The largest absolute Gasteiger partial charge is 0.507 e. The lowest BCUT2D eigenvalue weighted by atomic mass is 10.0. The SMILES string of the molecule is COC(=O)c1cc(C(=O)CN)c(O)cc1OC. The van der Waals surface area contributed by atoms with E-state index in [4.69, 9.17) is 10.5 Å². The molecule has 17 heavy (non-hydrogen) atoms. The summed E-state index contributed by atoms with van der Waals surface area (Å²) >= 11 is 0. The van der Waals surface area contributed by atoms with Gasteiger partial charge in [-0.1, -0.05) is 0 Å². The van der Waals surface area contributed by atoms with Crippen LogP contribution in [0.5, 0.6) is 11.5 Å². The van der Waals surface area contributed by atoms with Crippen LogP contribution in [0.2, 0.25) is 0 Å². The summed E-state index contributed by atoms with van der Waals surface area (Å²) in [5.74, 6) is -1.30. The number of hydrogen-bond donors (Lipinski definition) is 2. The summed E-state index contributed by atoms with van der Waals surface area (Å²) in [6, 6.07) is 2.38. The third-order valence-corrected chi connectivity index (χ3v) is 2.21. The number of rotatable bonds is 4. The van der Waals surface area contributed by atoms with Gasteiger partial charge in [0.05, 0.1) is 26.3 Å². The second-order valence-corrected chi connectivity index (χ2v) is 3.19. The van der Waals surface area contributed by atoms with Gasteiger partial charge in [0, 0.05) is 6.07 Å². The first-order valence-corrected chi connectivity index (χ1v) is 4.77. The molecular weight excluding hydrogens is 226 g/mol. The average Bonchev–Trinajstić information content (AvgIpc) is 2.36. The van der Waals surface area contributed by atoms with Crippen molar-refractivity contribution in [2.24, 2.45) is 5.73 Å². The molecule has 0 atom stereocenters. The quantitative estimate of drug-likeness (QED) is 0.580. The Balaban J connectivity index is 3.37. The molecule has 6 nitrogen and oxygen atoms in total. The number of carbonyl (C=O) groups is 2. The molecule has 1 rings (SSSR count). The summed E-state index contributed by atoms with van der Waals surface area (Å²) in [4.78, 5) is 22.9. The highest BCUT2D eigenvalue weighted by molar-refractivity contribution is 6.03. The van der Waals surface area contributed by atoms with Crippen molar-refractivity contribution in [3.8, 4) is 11.5 Å². The summed E-state index contributed by atoms with van der Waals surface area (Å²) < 4.78 is 9.46. The van der Waals surface area contributed by atoms with E-state index in [1.165, 1.54) is 26.4 Å². The van der Waals surface area contributed by atoms with E-state index in [0.717, 1.165) is 0 Å². The molecule has 92 valence electrons. The van der Waals surface area contributed by atoms with Crippen LogP contribution in [0.3, 0.4) is 0 Å². The molecule has 1 aromatic carbocycles. The number of phenols is 1. The third-order valence-electron chi connectivity index (χ3n) is 2.21. The molecule has 0 amide bonds. The van der Waals surface area contributed by atoms with Crippen LogP contribution in [0, 0.1) is 0 Å². The van der Waals surface area contributed by atoms with Crippen molar-refractivity contribution in [1.29, 1.82) is 0 Å². The minimum Gasteiger partial charge on any atom is -0.507 e. The van der Waals surface area contributed by atoms with Crippen LogP contribution in [-0.4, -0.2) is 37.6 Å². The van der Waals surface area contributed by atoms with Crippen molar-refractivity contribution in [2.45, 2.75) is 0 Å². The van der Waals surface area contributed by atoms with Crippen molar-refractivity contribution >= 4 is 11.8 Å². The van der Waals surface area contributed by atoms with Gasteiger partial charge in [-0.3, -0.25) is 4.79 Å².